The average Bonchev–Trinajstić information content (AvgIpc) is 3.78. The molecule has 0 aliphatic carbocycles. The molecule has 8 aromatic rings. The quantitative estimate of drug-likeness (QED) is 0.115. The van der Waals surface area contributed by atoms with Crippen molar-refractivity contribution in [2.45, 2.75) is 71.6 Å². The van der Waals surface area contributed by atoms with Crippen molar-refractivity contribution < 1.29 is 25.8 Å². The fourth-order valence-corrected chi connectivity index (χ4v) is 8.32. The third-order valence-electron chi connectivity index (χ3n) is 11.4. The van der Waals surface area contributed by atoms with Crippen molar-refractivity contribution >= 4 is 21.5 Å². The fraction of sp³-hybridized carbons (Fsp3) is 0.200. The molecule has 8 rings (SSSR count). The first-order valence-corrected chi connectivity index (χ1v) is 19.1. The van der Waals surface area contributed by atoms with Gasteiger partial charge >= 0.3 is 25.8 Å². The van der Waals surface area contributed by atoms with Gasteiger partial charge in [-0.25, -0.2) is 0 Å². The van der Waals surface area contributed by atoms with Crippen molar-refractivity contribution in [2.24, 2.45) is 0 Å². The van der Waals surface area contributed by atoms with Gasteiger partial charge in [0, 0.05) is 5.41 Å². The largest absolute Gasteiger partial charge is 4.00 e. The summed E-state index contributed by atoms with van der Waals surface area (Å²) >= 11 is 0. The molecule has 1 heteroatoms. The third kappa shape index (κ3) is 7.60. The van der Waals surface area contributed by atoms with Crippen LogP contribution in [0.15, 0.2) is 158 Å². The number of fused-ring (bicyclic) bond motifs is 2. The molecule has 0 bridgehead atoms. The van der Waals surface area contributed by atoms with Crippen molar-refractivity contribution in [1.82, 2.24) is 0 Å². The van der Waals surface area contributed by atoms with Gasteiger partial charge in [-0.05, 0) is 58.1 Å². The van der Waals surface area contributed by atoms with Crippen molar-refractivity contribution in [3.63, 3.8) is 0 Å². The molecule has 0 fully saturated rings. The van der Waals surface area contributed by atoms with Crippen LogP contribution in [-0.4, -0.2) is 0 Å². The Bertz CT molecular complexity index is 2390. The molecule has 0 aliphatic heterocycles. The molecule has 0 unspecified atom stereocenters. The van der Waals surface area contributed by atoms with E-state index >= 15 is 0 Å². The number of rotatable bonds is 6. The maximum Gasteiger partial charge on any atom is 4.00 e. The molecule has 0 aromatic heterocycles. The standard InChI is InChI=1S/C53H50.2CH3.Hf/c1-35-21-25-41(26-22-35)53(42-27-23-36(2)24-28-42,45-31-39-15-11-19-47(49(39)33-45)37-13-9-17-43(29-37)51(3,4)5)46-32-40-16-12-20-48(50(40)34-46)38-14-10-18-44(30-38)52(6,7)8;;;/h9-34H,1-8H3;2*1H3;/q-2;2*-1;+4. The molecular weight excluding hydrogens is 839 g/mol. The molecule has 0 heterocycles. The van der Waals surface area contributed by atoms with E-state index in [0.29, 0.717) is 0 Å². The summed E-state index contributed by atoms with van der Waals surface area (Å²) in [6, 6.07) is 60.2. The summed E-state index contributed by atoms with van der Waals surface area (Å²) in [4.78, 5) is 0. The minimum Gasteiger partial charge on any atom is -0.358 e. The smallest absolute Gasteiger partial charge is 0.358 e. The van der Waals surface area contributed by atoms with Crippen LogP contribution in [0.4, 0.5) is 0 Å². The molecule has 0 atom stereocenters. The maximum atomic E-state index is 2.49. The molecule has 280 valence electrons. The zero-order chi connectivity index (χ0) is 37.1. The van der Waals surface area contributed by atoms with E-state index in [4.69, 9.17) is 0 Å². The van der Waals surface area contributed by atoms with Crippen molar-refractivity contribution in [3.8, 4) is 22.3 Å². The Balaban J connectivity index is 0.00000200. The number of benzene rings is 6. The van der Waals surface area contributed by atoms with E-state index in [0.717, 1.165) is 0 Å². The normalized spacial score (nSPS) is 11.9. The van der Waals surface area contributed by atoms with Gasteiger partial charge in [0.2, 0.25) is 0 Å². The Morgan fingerprint density at radius 1 is 0.393 bits per heavy atom. The van der Waals surface area contributed by atoms with Crippen LogP contribution < -0.4 is 0 Å². The van der Waals surface area contributed by atoms with Gasteiger partial charge in [0.1, 0.15) is 0 Å². The SMILES string of the molecule is Cc1ccc(C(c2ccc(C)cc2)(c2cc3c(-c4cccc(C(C)(C)C)c4)cccc3[cH-]2)c2cc3c(-c4cccc(C(C)(C)C)c4)cccc3[cH-]2)cc1.[CH3-].[CH3-].[Hf+4]. The molecule has 0 saturated heterocycles. The van der Waals surface area contributed by atoms with E-state index in [9.17, 15) is 0 Å². The van der Waals surface area contributed by atoms with Gasteiger partial charge in [-0.3, -0.25) is 0 Å². The minimum absolute atomic E-state index is 0. The van der Waals surface area contributed by atoms with Crippen LogP contribution in [-0.2, 0) is 42.1 Å². The predicted molar refractivity (Wildman–Crippen MR) is 242 cm³/mol. The van der Waals surface area contributed by atoms with E-state index < -0.39 is 5.41 Å². The van der Waals surface area contributed by atoms with Crippen LogP contribution in [0.3, 0.4) is 0 Å². The first-order chi connectivity index (χ1) is 25.3. The van der Waals surface area contributed by atoms with Crippen LogP contribution in [0, 0.1) is 28.7 Å². The Hall–Kier alpha value is -4.59. The Morgan fingerprint density at radius 3 is 1.11 bits per heavy atom. The van der Waals surface area contributed by atoms with Crippen LogP contribution >= 0.6 is 0 Å². The van der Waals surface area contributed by atoms with Crippen LogP contribution in [0.25, 0.3) is 43.8 Å². The van der Waals surface area contributed by atoms with Crippen LogP contribution in [0.1, 0.15) is 86.1 Å². The van der Waals surface area contributed by atoms with Gasteiger partial charge in [-0.1, -0.05) is 173 Å². The zero-order valence-corrected chi connectivity index (χ0v) is 38.6. The predicted octanol–water partition coefficient (Wildman–Crippen LogP) is 15.3. The average molecular weight is 896 g/mol. The zero-order valence-electron chi connectivity index (χ0n) is 35.0. The molecule has 0 N–H and O–H groups in total. The summed E-state index contributed by atoms with van der Waals surface area (Å²) in [5.74, 6) is 0. The van der Waals surface area contributed by atoms with Crippen molar-refractivity contribution in [1.29, 1.82) is 0 Å². The maximum absolute atomic E-state index is 2.49. The third-order valence-corrected chi connectivity index (χ3v) is 11.4. The molecule has 56 heavy (non-hydrogen) atoms. The molecule has 0 spiro atoms. The summed E-state index contributed by atoms with van der Waals surface area (Å²) in [6.07, 6.45) is 0. The van der Waals surface area contributed by atoms with Gasteiger partial charge in [0.15, 0.2) is 0 Å². The first-order valence-electron chi connectivity index (χ1n) is 19.1. The fourth-order valence-electron chi connectivity index (χ4n) is 8.32. The molecule has 0 radical (unpaired) electrons. The number of hydrogen-bond acceptors (Lipinski definition) is 0. The molecule has 0 saturated carbocycles. The van der Waals surface area contributed by atoms with Crippen molar-refractivity contribution in [3.05, 3.63) is 217 Å². The van der Waals surface area contributed by atoms with E-state index in [1.807, 2.05) is 0 Å². The topological polar surface area (TPSA) is 0 Å². The summed E-state index contributed by atoms with van der Waals surface area (Å²) < 4.78 is 0. The molecule has 8 aromatic carbocycles. The summed E-state index contributed by atoms with van der Waals surface area (Å²) in [5.41, 5.74) is 15.0. The summed E-state index contributed by atoms with van der Waals surface area (Å²) in [6.45, 7) is 18.1. The summed E-state index contributed by atoms with van der Waals surface area (Å²) in [7, 11) is 0. The first kappa shape index (κ1) is 42.6. The Kier molecular flexibility index (Phi) is 12.2. The molecular formula is C55H56Hf. The minimum atomic E-state index is -0.561. The van der Waals surface area contributed by atoms with E-state index in [1.165, 1.54) is 88.3 Å². The number of hydrogen-bond donors (Lipinski definition) is 0. The molecule has 0 aliphatic rings. The van der Waals surface area contributed by atoms with Crippen molar-refractivity contribution in [2.75, 3.05) is 0 Å². The van der Waals surface area contributed by atoms with E-state index in [1.54, 1.807) is 0 Å². The van der Waals surface area contributed by atoms with E-state index in [2.05, 4.69) is 213 Å². The summed E-state index contributed by atoms with van der Waals surface area (Å²) in [5, 5.41) is 5.09. The van der Waals surface area contributed by atoms with Crippen LogP contribution in [0.2, 0.25) is 0 Å². The van der Waals surface area contributed by atoms with Gasteiger partial charge < -0.3 is 14.9 Å². The molecule has 0 nitrogen and oxygen atoms in total. The second-order valence-corrected chi connectivity index (χ2v) is 17.2. The Labute approximate surface area is 356 Å². The van der Waals surface area contributed by atoms with Gasteiger partial charge in [-0.2, -0.15) is 12.1 Å². The monoisotopic (exact) mass is 896 g/mol. The Morgan fingerprint density at radius 2 is 0.750 bits per heavy atom. The van der Waals surface area contributed by atoms with E-state index in [-0.39, 0.29) is 51.5 Å². The van der Waals surface area contributed by atoms with Gasteiger partial charge in [-0.15, -0.1) is 69.1 Å². The van der Waals surface area contributed by atoms with Crippen LogP contribution in [0.5, 0.6) is 0 Å². The second-order valence-electron chi connectivity index (χ2n) is 17.2. The second kappa shape index (κ2) is 16.1. The number of aryl methyl sites for hydroxylation is 2. The van der Waals surface area contributed by atoms with Gasteiger partial charge in [0.25, 0.3) is 0 Å². The molecule has 0 amide bonds. The van der Waals surface area contributed by atoms with Gasteiger partial charge in [0.05, 0.1) is 0 Å².